The topological polar surface area (TPSA) is 198 Å². The molecule has 14 nitrogen and oxygen atoms in total. The first-order chi connectivity index (χ1) is 23.0. The molecule has 1 unspecified atom stereocenters. The number of aliphatic hydroxyl groups excluding tert-OH is 2. The fraction of sp³-hybridized carbons (Fsp3) is 0.429. The third-order valence-corrected chi connectivity index (χ3v) is 8.10. The summed E-state index contributed by atoms with van der Waals surface area (Å²) in [5.74, 6) is -10.6. The number of carbonyl (C=O) groups is 6. The summed E-state index contributed by atoms with van der Waals surface area (Å²) >= 11 is 0. The molecule has 0 amide bonds. The van der Waals surface area contributed by atoms with Crippen molar-refractivity contribution in [1.82, 2.24) is 0 Å². The van der Waals surface area contributed by atoms with E-state index in [0.717, 1.165) is 11.6 Å². The van der Waals surface area contributed by atoms with Crippen molar-refractivity contribution in [1.29, 1.82) is 0 Å². The molecule has 2 spiro atoms. The Kier molecular flexibility index (Phi) is 10.8. The molecule has 1 saturated carbocycles. The molecular formula is C35H38O14. The van der Waals surface area contributed by atoms with Crippen molar-refractivity contribution >= 4 is 35.6 Å². The van der Waals surface area contributed by atoms with Crippen molar-refractivity contribution in [3.63, 3.8) is 0 Å². The zero-order chi connectivity index (χ0) is 36.1. The van der Waals surface area contributed by atoms with E-state index in [1.54, 1.807) is 26.0 Å². The third-order valence-electron chi connectivity index (χ3n) is 8.10. The van der Waals surface area contributed by atoms with Crippen LogP contribution in [0.5, 0.6) is 0 Å². The summed E-state index contributed by atoms with van der Waals surface area (Å²) in [6.07, 6.45) is 9.92. The number of ether oxygens (including phenoxy) is 6. The van der Waals surface area contributed by atoms with Crippen molar-refractivity contribution in [2.75, 3.05) is 0 Å². The molecule has 4 rings (SSSR count). The number of esters is 5. The Labute approximate surface area is 282 Å². The number of hydrogen-bond acceptors (Lipinski definition) is 14. The zero-order valence-corrected chi connectivity index (χ0v) is 27.7. The number of ketones is 1. The van der Waals surface area contributed by atoms with Gasteiger partial charge in [0.25, 0.3) is 23.3 Å². The molecule has 0 aromatic rings. The number of cyclic esters (lactones) is 2. The molecule has 0 radical (unpaired) electrons. The molecule has 262 valence electrons. The van der Waals surface area contributed by atoms with Crippen molar-refractivity contribution < 1.29 is 67.4 Å². The van der Waals surface area contributed by atoms with E-state index in [9.17, 15) is 39.0 Å². The van der Waals surface area contributed by atoms with E-state index >= 15 is 0 Å². The van der Waals surface area contributed by atoms with Crippen LogP contribution in [0, 0.1) is 0 Å². The second kappa shape index (κ2) is 14.5. The number of carbonyl (C=O) groups excluding carboxylic acids is 6. The van der Waals surface area contributed by atoms with E-state index in [-0.39, 0.29) is 49.7 Å². The molecule has 0 aromatic heterocycles. The quantitative estimate of drug-likeness (QED) is 0.117. The molecule has 2 N–H and O–H groups in total. The summed E-state index contributed by atoms with van der Waals surface area (Å²) in [5, 5.41) is 20.0. The van der Waals surface area contributed by atoms with Gasteiger partial charge < -0.3 is 38.6 Å². The Bertz CT molecular complexity index is 1610. The van der Waals surface area contributed by atoms with E-state index in [2.05, 4.69) is 0 Å². The van der Waals surface area contributed by atoms with Crippen LogP contribution in [0.15, 0.2) is 82.4 Å². The van der Waals surface area contributed by atoms with Gasteiger partial charge in [-0.05, 0) is 45.9 Å². The number of hydrogen-bond donors (Lipinski definition) is 2. The molecule has 3 fully saturated rings. The number of allylic oxidation sites excluding steroid dienone is 9. The Hall–Kier alpha value is -5.24. The summed E-state index contributed by atoms with van der Waals surface area (Å²) in [4.78, 5) is 75.0. The van der Waals surface area contributed by atoms with E-state index in [4.69, 9.17) is 28.4 Å². The highest BCUT2D eigenvalue weighted by Gasteiger charge is 2.56. The van der Waals surface area contributed by atoms with Gasteiger partial charge in [-0.1, -0.05) is 41.5 Å². The van der Waals surface area contributed by atoms with Crippen LogP contribution in [-0.4, -0.2) is 69.3 Å². The summed E-state index contributed by atoms with van der Waals surface area (Å²) in [6, 6.07) is 0. The SMILES string of the molecule is C/C=C/C(C)=C/C=C1C(=O)OC2(CCC3(CC2)OC(=O)C(/C=C/C(C)=C/C=C2C(=O)OC(C)(CCC(=O)C(C)O)OC2=O)=C(O)O3)OC1=O. The van der Waals surface area contributed by atoms with Gasteiger partial charge in [-0.25, -0.2) is 24.0 Å². The maximum absolute atomic E-state index is 12.9. The van der Waals surface area contributed by atoms with Gasteiger partial charge >= 0.3 is 29.8 Å². The summed E-state index contributed by atoms with van der Waals surface area (Å²) in [5.41, 5.74) is 0.258. The standard InChI is InChI=1S/C35H38O14/c1-6-7-20(2)8-11-24-29(40)46-34(47-30(24)41)16-18-35(19-17-34)48-31(42)25(32(43)49-35)13-10-21(3)9-12-23-27(38)44-33(5,45-28(23)39)15-14-26(37)22(4)36/h6-13,22,36,42H,14-19H2,1-5H3/b7-6+,13-10+,20-8+,21-9+,23-12?,24-11?. The molecule has 14 heteroatoms. The van der Waals surface area contributed by atoms with Crippen LogP contribution in [0.25, 0.3) is 0 Å². The van der Waals surface area contributed by atoms with Gasteiger partial charge in [0.15, 0.2) is 5.78 Å². The van der Waals surface area contributed by atoms with Crippen LogP contribution in [0.1, 0.15) is 73.1 Å². The second-order valence-electron chi connectivity index (χ2n) is 12.2. The lowest BCUT2D eigenvalue weighted by Gasteiger charge is -2.46. The lowest BCUT2D eigenvalue weighted by Crippen LogP contribution is -2.54. The predicted octanol–water partition coefficient (Wildman–Crippen LogP) is 3.82. The van der Waals surface area contributed by atoms with E-state index in [0.29, 0.717) is 5.57 Å². The minimum absolute atomic E-state index is 0.0581. The summed E-state index contributed by atoms with van der Waals surface area (Å²) in [7, 11) is 0. The lowest BCUT2D eigenvalue weighted by molar-refractivity contribution is -0.297. The molecule has 2 saturated heterocycles. The predicted molar refractivity (Wildman–Crippen MR) is 167 cm³/mol. The monoisotopic (exact) mass is 682 g/mol. The van der Waals surface area contributed by atoms with E-state index in [1.165, 1.54) is 38.2 Å². The first-order valence-corrected chi connectivity index (χ1v) is 15.6. The average molecular weight is 683 g/mol. The van der Waals surface area contributed by atoms with Crippen LogP contribution in [-0.2, 0) is 57.2 Å². The second-order valence-corrected chi connectivity index (χ2v) is 12.2. The first-order valence-electron chi connectivity index (χ1n) is 15.6. The van der Waals surface area contributed by atoms with E-state index in [1.807, 2.05) is 13.0 Å². The largest absolute Gasteiger partial charge is 0.480 e. The number of rotatable bonds is 9. The van der Waals surface area contributed by atoms with Crippen molar-refractivity contribution in [3.8, 4) is 0 Å². The van der Waals surface area contributed by atoms with Crippen LogP contribution >= 0.6 is 0 Å². The molecule has 0 bridgehead atoms. The maximum atomic E-state index is 12.9. The zero-order valence-electron chi connectivity index (χ0n) is 27.7. The molecular weight excluding hydrogens is 644 g/mol. The fourth-order valence-electron chi connectivity index (χ4n) is 5.23. The summed E-state index contributed by atoms with van der Waals surface area (Å²) in [6.45, 7) is 7.85. The van der Waals surface area contributed by atoms with Crippen LogP contribution < -0.4 is 0 Å². The van der Waals surface area contributed by atoms with E-state index < -0.39 is 70.6 Å². The lowest BCUT2D eigenvalue weighted by atomic mass is 9.87. The minimum atomic E-state index is -1.68. The Morgan fingerprint density at radius 3 is 1.67 bits per heavy atom. The summed E-state index contributed by atoms with van der Waals surface area (Å²) < 4.78 is 32.7. The van der Waals surface area contributed by atoms with Gasteiger partial charge in [-0.15, -0.1) is 0 Å². The van der Waals surface area contributed by atoms with Gasteiger partial charge in [0.05, 0.1) is 0 Å². The number of aliphatic hydroxyl groups is 2. The Balaban J connectivity index is 1.37. The van der Waals surface area contributed by atoms with Crippen LogP contribution in [0.4, 0.5) is 0 Å². The first kappa shape index (κ1) is 36.6. The number of Topliss-reactive ketones (excluding diaryl/α,β-unsaturated/α-hetero) is 1. The smallest absolute Gasteiger partial charge is 0.348 e. The van der Waals surface area contributed by atoms with Crippen LogP contribution in [0.2, 0.25) is 0 Å². The molecule has 1 aliphatic carbocycles. The van der Waals surface area contributed by atoms with Crippen molar-refractivity contribution in [3.05, 3.63) is 82.4 Å². The molecule has 3 aliphatic heterocycles. The highest BCUT2D eigenvalue weighted by molar-refractivity contribution is 6.16. The highest BCUT2D eigenvalue weighted by Crippen LogP contribution is 2.46. The normalized spacial score (nSPS) is 28.7. The van der Waals surface area contributed by atoms with Gasteiger partial charge in [0.1, 0.15) is 22.8 Å². The molecule has 0 aromatic carbocycles. The average Bonchev–Trinajstić information content (AvgIpc) is 3.00. The van der Waals surface area contributed by atoms with Gasteiger partial charge in [-0.2, -0.15) is 0 Å². The fourth-order valence-corrected chi connectivity index (χ4v) is 5.23. The van der Waals surface area contributed by atoms with Crippen LogP contribution in [0.3, 0.4) is 0 Å². The van der Waals surface area contributed by atoms with Gasteiger partial charge in [0, 0.05) is 45.4 Å². The molecule has 49 heavy (non-hydrogen) atoms. The van der Waals surface area contributed by atoms with Gasteiger partial charge in [0.2, 0.25) is 0 Å². The van der Waals surface area contributed by atoms with Crippen molar-refractivity contribution in [2.45, 2.75) is 96.6 Å². The van der Waals surface area contributed by atoms with Gasteiger partial charge in [-0.3, -0.25) is 4.79 Å². The van der Waals surface area contributed by atoms with Crippen molar-refractivity contribution in [2.24, 2.45) is 0 Å². The molecule has 1 atom stereocenters. The highest BCUT2D eigenvalue weighted by atomic mass is 16.8. The Morgan fingerprint density at radius 1 is 0.755 bits per heavy atom. The minimum Gasteiger partial charge on any atom is -0.480 e. The molecule has 3 heterocycles. The Morgan fingerprint density at radius 2 is 1.20 bits per heavy atom. The maximum Gasteiger partial charge on any atom is 0.348 e. The molecule has 4 aliphatic rings. The third kappa shape index (κ3) is 8.62.